The molecule has 0 aromatic carbocycles. The van der Waals surface area contributed by atoms with Crippen LogP contribution < -0.4 is 0 Å². The average molecular weight is 228 g/mol. The Hall–Kier alpha value is -1.71. The van der Waals surface area contributed by atoms with E-state index < -0.39 is 0 Å². The Bertz CT molecular complexity index is 491. The first-order chi connectivity index (χ1) is 8.33. The standard InChI is InChI=1S/C13H16N4/c1-10-2-3-12(8-10)17-9-13(15-16-17)11-4-6-14-7-5-11/h4-7,9-10,12H,2-3,8H2,1H3. The van der Waals surface area contributed by atoms with Crippen molar-refractivity contribution >= 4 is 0 Å². The molecule has 1 aliphatic carbocycles. The third kappa shape index (κ3) is 2.07. The lowest BCUT2D eigenvalue weighted by atomic mass is 10.1. The molecule has 3 rings (SSSR count). The quantitative estimate of drug-likeness (QED) is 0.793. The van der Waals surface area contributed by atoms with Crippen LogP contribution in [0.1, 0.15) is 32.2 Å². The lowest BCUT2D eigenvalue weighted by Gasteiger charge is -2.07. The highest BCUT2D eigenvalue weighted by atomic mass is 15.4. The van der Waals surface area contributed by atoms with E-state index in [0.717, 1.165) is 17.2 Å². The molecular formula is C13H16N4. The molecule has 1 aliphatic rings. The van der Waals surface area contributed by atoms with Crippen molar-refractivity contribution in [1.29, 1.82) is 0 Å². The lowest BCUT2D eigenvalue weighted by Crippen LogP contribution is -2.05. The van der Waals surface area contributed by atoms with Crippen molar-refractivity contribution in [3.05, 3.63) is 30.7 Å². The van der Waals surface area contributed by atoms with Crippen LogP contribution in [0.4, 0.5) is 0 Å². The van der Waals surface area contributed by atoms with Crippen molar-refractivity contribution in [3.63, 3.8) is 0 Å². The van der Waals surface area contributed by atoms with Crippen molar-refractivity contribution < 1.29 is 0 Å². The molecule has 0 N–H and O–H groups in total. The van der Waals surface area contributed by atoms with Gasteiger partial charge in [-0.2, -0.15) is 0 Å². The van der Waals surface area contributed by atoms with Gasteiger partial charge in [0.05, 0.1) is 12.2 Å². The fraction of sp³-hybridized carbons (Fsp3) is 0.462. The van der Waals surface area contributed by atoms with Gasteiger partial charge in [0.1, 0.15) is 5.69 Å². The van der Waals surface area contributed by atoms with E-state index >= 15 is 0 Å². The second kappa shape index (κ2) is 4.28. The van der Waals surface area contributed by atoms with Crippen molar-refractivity contribution in [2.75, 3.05) is 0 Å². The Morgan fingerprint density at radius 3 is 2.76 bits per heavy atom. The highest BCUT2D eigenvalue weighted by molar-refractivity contribution is 5.56. The van der Waals surface area contributed by atoms with Gasteiger partial charge in [0.15, 0.2) is 0 Å². The second-order valence-corrected chi connectivity index (χ2v) is 4.89. The minimum Gasteiger partial charge on any atom is -0.265 e. The predicted molar refractivity (Wildman–Crippen MR) is 65.3 cm³/mol. The van der Waals surface area contributed by atoms with Crippen molar-refractivity contribution in [3.8, 4) is 11.3 Å². The molecular weight excluding hydrogens is 212 g/mol. The maximum Gasteiger partial charge on any atom is 0.113 e. The first-order valence-corrected chi connectivity index (χ1v) is 6.15. The molecule has 0 aliphatic heterocycles. The van der Waals surface area contributed by atoms with Crippen LogP contribution >= 0.6 is 0 Å². The summed E-state index contributed by atoms with van der Waals surface area (Å²) in [5.74, 6) is 0.813. The minimum absolute atomic E-state index is 0.535. The second-order valence-electron chi connectivity index (χ2n) is 4.89. The van der Waals surface area contributed by atoms with Gasteiger partial charge < -0.3 is 0 Å². The molecule has 0 radical (unpaired) electrons. The van der Waals surface area contributed by atoms with Crippen LogP contribution in [0, 0.1) is 5.92 Å². The number of hydrogen-bond donors (Lipinski definition) is 0. The summed E-state index contributed by atoms with van der Waals surface area (Å²) >= 11 is 0. The zero-order valence-electron chi connectivity index (χ0n) is 9.95. The highest BCUT2D eigenvalue weighted by Gasteiger charge is 2.23. The van der Waals surface area contributed by atoms with Crippen LogP contribution in [0.2, 0.25) is 0 Å². The van der Waals surface area contributed by atoms with Gasteiger partial charge in [0.25, 0.3) is 0 Å². The van der Waals surface area contributed by atoms with Crippen LogP contribution in [-0.4, -0.2) is 20.0 Å². The average Bonchev–Trinajstić information content (AvgIpc) is 2.98. The maximum atomic E-state index is 4.26. The van der Waals surface area contributed by atoms with Crippen LogP contribution in [0.5, 0.6) is 0 Å². The summed E-state index contributed by atoms with van der Waals surface area (Å²) < 4.78 is 2.03. The van der Waals surface area contributed by atoms with E-state index in [1.807, 2.05) is 16.8 Å². The Labute approximate surface area is 101 Å². The van der Waals surface area contributed by atoms with Crippen LogP contribution in [0.15, 0.2) is 30.7 Å². The molecule has 88 valence electrons. The normalized spacial score (nSPS) is 24.1. The third-order valence-electron chi connectivity index (χ3n) is 3.53. The van der Waals surface area contributed by atoms with Crippen molar-refractivity contribution in [2.24, 2.45) is 5.92 Å². The molecule has 4 heteroatoms. The predicted octanol–water partition coefficient (Wildman–Crippen LogP) is 2.70. The molecule has 0 amide bonds. The minimum atomic E-state index is 0.535. The number of hydrogen-bond acceptors (Lipinski definition) is 3. The molecule has 0 bridgehead atoms. The molecule has 2 aromatic rings. The maximum absolute atomic E-state index is 4.26. The lowest BCUT2D eigenvalue weighted by molar-refractivity contribution is 0.439. The van der Waals surface area contributed by atoms with E-state index in [9.17, 15) is 0 Å². The zero-order valence-corrected chi connectivity index (χ0v) is 9.95. The third-order valence-corrected chi connectivity index (χ3v) is 3.53. The van der Waals surface area contributed by atoms with E-state index in [2.05, 4.69) is 28.4 Å². The van der Waals surface area contributed by atoms with Crippen LogP contribution in [0.25, 0.3) is 11.3 Å². The molecule has 2 heterocycles. The summed E-state index contributed by atoms with van der Waals surface area (Å²) in [6, 6.07) is 4.46. The molecule has 2 unspecified atom stereocenters. The molecule has 4 nitrogen and oxygen atoms in total. The molecule has 1 saturated carbocycles. The van der Waals surface area contributed by atoms with Gasteiger partial charge in [-0.15, -0.1) is 5.10 Å². The van der Waals surface area contributed by atoms with E-state index in [1.165, 1.54) is 19.3 Å². The Morgan fingerprint density at radius 1 is 1.24 bits per heavy atom. The Morgan fingerprint density at radius 2 is 2.06 bits per heavy atom. The molecule has 17 heavy (non-hydrogen) atoms. The smallest absolute Gasteiger partial charge is 0.113 e. The summed E-state index contributed by atoms with van der Waals surface area (Å²) in [5.41, 5.74) is 2.02. The fourth-order valence-electron chi connectivity index (χ4n) is 2.53. The fourth-order valence-corrected chi connectivity index (χ4v) is 2.53. The van der Waals surface area contributed by atoms with Gasteiger partial charge in [-0.1, -0.05) is 12.1 Å². The van der Waals surface area contributed by atoms with E-state index in [-0.39, 0.29) is 0 Å². The van der Waals surface area contributed by atoms with E-state index in [1.54, 1.807) is 12.4 Å². The number of nitrogens with zero attached hydrogens (tertiary/aromatic N) is 4. The van der Waals surface area contributed by atoms with Gasteiger partial charge in [0.2, 0.25) is 0 Å². The van der Waals surface area contributed by atoms with Gasteiger partial charge in [-0.25, -0.2) is 4.68 Å². The summed E-state index contributed by atoms with van der Waals surface area (Å²) in [5, 5.41) is 8.50. The molecule has 2 atom stereocenters. The Balaban J connectivity index is 1.84. The molecule has 0 saturated heterocycles. The van der Waals surface area contributed by atoms with Gasteiger partial charge in [-0.3, -0.25) is 4.98 Å². The number of rotatable bonds is 2. The summed E-state index contributed by atoms with van der Waals surface area (Å²) in [4.78, 5) is 4.01. The Kier molecular flexibility index (Phi) is 2.63. The summed E-state index contributed by atoms with van der Waals surface area (Å²) in [7, 11) is 0. The monoisotopic (exact) mass is 228 g/mol. The summed E-state index contributed by atoms with van der Waals surface area (Å²) in [6.07, 6.45) is 9.37. The largest absolute Gasteiger partial charge is 0.265 e. The van der Waals surface area contributed by atoms with Gasteiger partial charge >= 0.3 is 0 Å². The van der Waals surface area contributed by atoms with Gasteiger partial charge in [0, 0.05) is 18.0 Å². The molecule has 0 spiro atoms. The summed E-state index contributed by atoms with van der Waals surface area (Å²) in [6.45, 7) is 2.31. The zero-order chi connectivity index (χ0) is 11.7. The number of aromatic nitrogens is 4. The highest BCUT2D eigenvalue weighted by Crippen LogP contribution is 2.33. The van der Waals surface area contributed by atoms with Crippen LogP contribution in [-0.2, 0) is 0 Å². The number of pyridine rings is 1. The molecule has 1 fully saturated rings. The van der Waals surface area contributed by atoms with Gasteiger partial charge in [-0.05, 0) is 37.3 Å². The molecule has 2 aromatic heterocycles. The van der Waals surface area contributed by atoms with Crippen LogP contribution in [0.3, 0.4) is 0 Å². The SMILES string of the molecule is CC1CCC(n2cc(-c3ccncc3)nn2)C1. The topological polar surface area (TPSA) is 43.6 Å². The van der Waals surface area contributed by atoms with E-state index in [0.29, 0.717) is 6.04 Å². The van der Waals surface area contributed by atoms with Crippen molar-refractivity contribution in [1.82, 2.24) is 20.0 Å². The first kappa shape index (κ1) is 10.4. The van der Waals surface area contributed by atoms with Crippen molar-refractivity contribution in [2.45, 2.75) is 32.2 Å². The van der Waals surface area contributed by atoms with E-state index in [4.69, 9.17) is 0 Å². The first-order valence-electron chi connectivity index (χ1n) is 6.15.